The van der Waals surface area contributed by atoms with Gasteiger partial charge in [-0.3, -0.25) is 10.2 Å². The van der Waals surface area contributed by atoms with Gasteiger partial charge in [-0.1, -0.05) is 40.2 Å². The fraction of sp³-hybridized carbons (Fsp3) is 0. The average molecular weight is 394 g/mol. The molecule has 3 rings (SSSR count). The molecule has 0 bridgehead atoms. The van der Waals surface area contributed by atoms with Gasteiger partial charge in [0, 0.05) is 10.0 Å². The third-order valence-electron chi connectivity index (χ3n) is 3.80. The first-order valence-electron chi connectivity index (χ1n) is 7.30. The zero-order valence-electron chi connectivity index (χ0n) is 12.9. The van der Waals surface area contributed by atoms with Crippen molar-refractivity contribution >= 4 is 27.9 Å². The molecule has 6 heteroatoms. The molecule has 5 nitrogen and oxygen atoms in total. The number of H-pyrrole nitrogens is 1. The molecule has 1 heterocycles. The monoisotopic (exact) mass is 393 g/mol. The summed E-state index contributed by atoms with van der Waals surface area (Å²) < 4.78 is 0.890. The van der Waals surface area contributed by atoms with Gasteiger partial charge in [0.25, 0.3) is 0 Å². The molecule has 0 radical (unpaired) electrons. The molecule has 0 aliphatic heterocycles. The lowest BCUT2D eigenvalue weighted by Gasteiger charge is -2.05. The Morgan fingerprint density at radius 3 is 2.60 bits per heavy atom. The van der Waals surface area contributed by atoms with Crippen LogP contribution in [0.1, 0.15) is 27.0 Å². The van der Waals surface area contributed by atoms with E-state index in [1.54, 1.807) is 36.4 Å². The molecule has 122 valence electrons. The van der Waals surface area contributed by atoms with Crippen molar-refractivity contribution in [2.75, 3.05) is 0 Å². The molecule has 0 atom stereocenters. The van der Waals surface area contributed by atoms with E-state index in [-0.39, 0.29) is 22.7 Å². The van der Waals surface area contributed by atoms with E-state index in [1.165, 1.54) is 0 Å². The maximum atomic E-state index is 11.7. The van der Waals surface area contributed by atoms with Gasteiger partial charge in [-0.25, -0.2) is 0 Å². The van der Waals surface area contributed by atoms with Crippen LogP contribution in [0.4, 0.5) is 0 Å². The number of aromatic hydroxyl groups is 1. The van der Waals surface area contributed by atoms with Crippen LogP contribution in [0.2, 0.25) is 0 Å². The summed E-state index contributed by atoms with van der Waals surface area (Å²) >= 11 is 3.35. The summed E-state index contributed by atoms with van der Waals surface area (Å²) in [6.07, 6.45) is 0.617. The Morgan fingerprint density at radius 2 is 1.96 bits per heavy atom. The van der Waals surface area contributed by atoms with Gasteiger partial charge < -0.3 is 10.1 Å². The number of aromatic nitrogens is 1. The second-order valence-corrected chi connectivity index (χ2v) is 6.25. The van der Waals surface area contributed by atoms with Gasteiger partial charge in [-0.05, 0) is 29.8 Å². The Balaban J connectivity index is 2.13. The standard InChI is InChI=1S/C19H12BrN3O2/c20-14-6-4-12(5-7-14)18-15(10-24)16(19(25)23-18)17(22)13-3-1-2-11(8-13)9-21/h1-8,10,22-23,25H. The van der Waals surface area contributed by atoms with Crippen molar-refractivity contribution < 1.29 is 9.90 Å². The number of benzene rings is 2. The van der Waals surface area contributed by atoms with E-state index < -0.39 is 0 Å². The van der Waals surface area contributed by atoms with Gasteiger partial charge >= 0.3 is 0 Å². The van der Waals surface area contributed by atoms with Crippen LogP contribution in [0.3, 0.4) is 0 Å². The second-order valence-electron chi connectivity index (χ2n) is 5.33. The number of carbonyl (C=O) groups excluding carboxylic acids is 1. The van der Waals surface area contributed by atoms with Gasteiger partial charge in [-0.2, -0.15) is 5.26 Å². The number of aromatic amines is 1. The Morgan fingerprint density at radius 1 is 1.24 bits per heavy atom. The smallest absolute Gasteiger partial charge is 0.199 e. The largest absolute Gasteiger partial charge is 0.494 e. The van der Waals surface area contributed by atoms with Gasteiger partial charge in [-0.15, -0.1) is 0 Å². The Bertz CT molecular complexity index is 1010. The van der Waals surface area contributed by atoms with E-state index in [4.69, 9.17) is 10.7 Å². The number of nitrogens with one attached hydrogen (secondary N) is 2. The van der Waals surface area contributed by atoms with Crippen molar-refractivity contribution in [1.29, 1.82) is 10.7 Å². The molecule has 25 heavy (non-hydrogen) atoms. The van der Waals surface area contributed by atoms with Gasteiger partial charge in [0.05, 0.1) is 34.2 Å². The summed E-state index contributed by atoms with van der Waals surface area (Å²) in [7, 11) is 0. The molecule has 2 aromatic carbocycles. The van der Waals surface area contributed by atoms with E-state index in [2.05, 4.69) is 20.9 Å². The summed E-state index contributed by atoms with van der Waals surface area (Å²) in [4.78, 5) is 14.5. The van der Waals surface area contributed by atoms with Gasteiger partial charge in [0.15, 0.2) is 12.2 Å². The number of carbonyl (C=O) groups is 1. The predicted molar refractivity (Wildman–Crippen MR) is 98.1 cm³/mol. The maximum absolute atomic E-state index is 11.7. The highest BCUT2D eigenvalue weighted by atomic mass is 79.9. The number of rotatable bonds is 4. The fourth-order valence-corrected chi connectivity index (χ4v) is 2.87. The number of hydrogen-bond donors (Lipinski definition) is 3. The van der Waals surface area contributed by atoms with Crippen LogP contribution < -0.4 is 0 Å². The summed E-state index contributed by atoms with van der Waals surface area (Å²) in [6, 6.07) is 15.7. The highest BCUT2D eigenvalue weighted by Crippen LogP contribution is 2.33. The van der Waals surface area contributed by atoms with Crippen LogP contribution in [-0.4, -0.2) is 22.1 Å². The predicted octanol–water partition coefficient (Wildman–Crippen LogP) is 4.25. The Kier molecular flexibility index (Phi) is 4.50. The van der Waals surface area contributed by atoms with E-state index in [1.807, 2.05) is 18.2 Å². The second kappa shape index (κ2) is 6.75. The molecule has 0 saturated carbocycles. The normalized spacial score (nSPS) is 10.2. The molecule has 3 N–H and O–H groups in total. The summed E-state index contributed by atoms with van der Waals surface area (Å²) in [5, 5.41) is 27.7. The van der Waals surface area contributed by atoms with Crippen LogP contribution in [0.25, 0.3) is 11.3 Å². The number of hydrogen-bond acceptors (Lipinski definition) is 4. The summed E-state index contributed by atoms with van der Waals surface area (Å²) in [5.74, 6) is -0.257. The van der Waals surface area contributed by atoms with Crippen molar-refractivity contribution in [3.05, 3.63) is 75.3 Å². The van der Waals surface area contributed by atoms with Gasteiger partial charge in [0.1, 0.15) is 0 Å². The number of nitriles is 1. The number of nitrogens with zero attached hydrogens (tertiary/aromatic N) is 1. The Hall–Kier alpha value is -3.17. The minimum absolute atomic E-state index is 0.0312. The highest BCUT2D eigenvalue weighted by Gasteiger charge is 2.22. The average Bonchev–Trinajstić information content (AvgIpc) is 2.98. The van der Waals surface area contributed by atoms with Crippen LogP contribution in [0.5, 0.6) is 5.88 Å². The summed E-state index contributed by atoms with van der Waals surface area (Å²) in [6.45, 7) is 0. The van der Waals surface area contributed by atoms with Crippen LogP contribution in [0.15, 0.2) is 53.0 Å². The molecule has 0 aliphatic carbocycles. The summed E-state index contributed by atoms with van der Waals surface area (Å²) in [5.41, 5.74) is 2.28. The molecule has 0 fully saturated rings. The lowest BCUT2D eigenvalue weighted by Crippen LogP contribution is -2.04. The zero-order valence-corrected chi connectivity index (χ0v) is 14.5. The van der Waals surface area contributed by atoms with E-state index in [9.17, 15) is 9.90 Å². The molecule has 0 aliphatic rings. The van der Waals surface area contributed by atoms with Crippen molar-refractivity contribution in [2.24, 2.45) is 0 Å². The van der Waals surface area contributed by atoms with Crippen LogP contribution in [-0.2, 0) is 0 Å². The lowest BCUT2D eigenvalue weighted by atomic mass is 9.97. The molecule has 0 amide bonds. The Labute approximate surface area is 152 Å². The molecule has 0 unspecified atom stereocenters. The van der Waals surface area contributed by atoms with E-state index in [0.717, 1.165) is 4.47 Å². The minimum Gasteiger partial charge on any atom is -0.494 e. The van der Waals surface area contributed by atoms with Crippen molar-refractivity contribution in [3.63, 3.8) is 0 Å². The fourth-order valence-electron chi connectivity index (χ4n) is 2.60. The topological polar surface area (TPSA) is 101 Å². The van der Waals surface area contributed by atoms with Crippen LogP contribution >= 0.6 is 15.9 Å². The molecule has 0 spiro atoms. The quantitative estimate of drug-likeness (QED) is 0.456. The minimum atomic E-state index is -0.257. The molecular formula is C19H12BrN3O2. The van der Waals surface area contributed by atoms with E-state index >= 15 is 0 Å². The molecular weight excluding hydrogens is 382 g/mol. The van der Waals surface area contributed by atoms with Gasteiger partial charge in [0.2, 0.25) is 0 Å². The molecule has 1 aromatic heterocycles. The highest BCUT2D eigenvalue weighted by molar-refractivity contribution is 9.10. The van der Waals surface area contributed by atoms with Crippen molar-refractivity contribution in [3.8, 4) is 23.2 Å². The lowest BCUT2D eigenvalue weighted by molar-refractivity contribution is 0.112. The number of aldehydes is 1. The molecule has 3 aromatic rings. The third kappa shape index (κ3) is 3.10. The van der Waals surface area contributed by atoms with Crippen LogP contribution in [0, 0.1) is 16.7 Å². The van der Waals surface area contributed by atoms with Crippen molar-refractivity contribution in [2.45, 2.75) is 0 Å². The maximum Gasteiger partial charge on any atom is 0.199 e. The molecule has 0 saturated heterocycles. The number of halogens is 1. The first kappa shape index (κ1) is 16.7. The first-order chi connectivity index (χ1) is 12.0. The van der Waals surface area contributed by atoms with Crippen molar-refractivity contribution in [1.82, 2.24) is 4.98 Å². The third-order valence-corrected chi connectivity index (χ3v) is 4.33. The first-order valence-corrected chi connectivity index (χ1v) is 8.10. The zero-order chi connectivity index (χ0) is 18.0. The SMILES string of the molecule is N#Cc1cccc(C(=N)c2c(O)[nH]c(-c3ccc(Br)cc3)c2C=O)c1. The van der Waals surface area contributed by atoms with E-state index in [0.29, 0.717) is 28.7 Å².